The van der Waals surface area contributed by atoms with Gasteiger partial charge in [0.15, 0.2) is 9.84 Å². The van der Waals surface area contributed by atoms with Crippen LogP contribution in [0, 0.1) is 5.82 Å². The largest absolute Gasteiger partial charge is 0.469 e. The van der Waals surface area contributed by atoms with E-state index < -0.39 is 21.6 Å². The van der Waals surface area contributed by atoms with E-state index >= 15 is 0 Å². The standard InChI is InChI=1S/C13H16FNO4S/c1-19-13(16)9-10-8-11(2-3-12(10)14)15-4-6-20(17,18)7-5-15/h2-3,8H,4-7,9H2,1H3. The van der Waals surface area contributed by atoms with E-state index in [4.69, 9.17) is 0 Å². The van der Waals surface area contributed by atoms with Gasteiger partial charge in [0.05, 0.1) is 25.0 Å². The molecule has 5 nitrogen and oxygen atoms in total. The summed E-state index contributed by atoms with van der Waals surface area (Å²) >= 11 is 0. The molecule has 110 valence electrons. The van der Waals surface area contributed by atoms with E-state index in [1.54, 1.807) is 12.1 Å². The highest BCUT2D eigenvalue weighted by molar-refractivity contribution is 7.91. The second-order valence-corrected chi connectivity index (χ2v) is 6.97. The van der Waals surface area contributed by atoms with E-state index in [0.717, 1.165) is 5.69 Å². The molecule has 1 aromatic rings. The summed E-state index contributed by atoms with van der Waals surface area (Å²) < 4.78 is 40.9. The van der Waals surface area contributed by atoms with Gasteiger partial charge in [0, 0.05) is 24.3 Å². The van der Waals surface area contributed by atoms with Gasteiger partial charge in [-0.1, -0.05) is 0 Å². The first kappa shape index (κ1) is 14.8. The van der Waals surface area contributed by atoms with Crippen LogP contribution in [-0.4, -0.2) is 46.1 Å². The van der Waals surface area contributed by atoms with Crippen molar-refractivity contribution in [2.45, 2.75) is 6.42 Å². The molecule has 0 saturated carbocycles. The molecular formula is C13H16FNO4S. The molecule has 0 bridgehead atoms. The van der Waals surface area contributed by atoms with E-state index in [9.17, 15) is 17.6 Å². The van der Waals surface area contributed by atoms with E-state index in [0.29, 0.717) is 13.1 Å². The number of sulfone groups is 1. The van der Waals surface area contributed by atoms with Crippen molar-refractivity contribution < 1.29 is 22.3 Å². The average Bonchev–Trinajstić information content (AvgIpc) is 2.41. The number of esters is 1. The number of methoxy groups -OCH3 is 1. The molecule has 1 aliphatic rings. The molecule has 1 aromatic carbocycles. The van der Waals surface area contributed by atoms with Gasteiger partial charge in [-0.15, -0.1) is 0 Å². The number of hydrogen-bond acceptors (Lipinski definition) is 5. The third-order valence-corrected chi connectivity index (χ3v) is 4.91. The maximum atomic E-state index is 13.6. The Labute approximate surface area is 117 Å². The predicted octanol–water partition coefficient (Wildman–Crippen LogP) is 0.776. The van der Waals surface area contributed by atoms with Gasteiger partial charge in [-0.05, 0) is 18.2 Å². The summed E-state index contributed by atoms with van der Waals surface area (Å²) in [5, 5.41) is 0. The highest BCUT2D eigenvalue weighted by Crippen LogP contribution is 2.21. The molecule has 0 aliphatic carbocycles. The summed E-state index contributed by atoms with van der Waals surface area (Å²) in [6.45, 7) is 0.761. The number of hydrogen-bond donors (Lipinski definition) is 0. The van der Waals surface area contributed by atoms with Gasteiger partial charge >= 0.3 is 5.97 Å². The normalized spacial score (nSPS) is 17.8. The van der Waals surface area contributed by atoms with Crippen LogP contribution in [0.2, 0.25) is 0 Å². The molecule has 7 heteroatoms. The molecule has 0 unspecified atom stereocenters. The summed E-state index contributed by atoms with van der Waals surface area (Å²) in [5.41, 5.74) is 0.975. The summed E-state index contributed by atoms with van der Waals surface area (Å²) in [7, 11) is -1.71. The van der Waals surface area contributed by atoms with Crippen LogP contribution in [0.1, 0.15) is 5.56 Å². The highest BCUT2D eigenvalue weighted by atomic mass is 32.2. The maximum absolute atomic E-state index is 13.6. The first-order valence-corrected chi connectivity index (χ1v) is 8.04. The molecule has 0 aromatic heterocycles. The van der Waals surface area contributed by atoms with Crippen molar-refractivity contribution in [1.29, 1.82) is 0 Å². The van der Waals surface area contributed by atoms with Crippen LogP contribution < -0.4 is 4.90 Å². The van der Waals surface area contributed by atoms with Crippen LogP contribution in [0.3, 0.4) is 0 Å². The molecule has 2 rings (SSSR count). The first-order chi connectivity index (χ1) is 9.41. The molecule has 1 fully saturated rings. The van der Waals surface area contributed by atoms with Crippen LogP contribution in [0.15, 0.2) is 18.2 Å². The Morgan fingerprint density at radius 1 is 1.35 bits per heavy atom. The Morgan fingerprint density at radius 2 is 2.00 bits per heavy atom. The minimum Gasteiger partial charge on any atom is -0.469 e. The van der Waals surface area contributed by atoms with Gasteiger partial charge in [0.25, 0.3) is 0 Å². The van der Waals surface area contributed by atoms with Crippen LogP contribution in [0.25, 0.3) is 0 Å². The van der Waals surface area contributed by atoms with E-state index in [1.807, 2.05) is 4.90 Å². The Balaban J connectivity index is 2.17. The molecule has 1 saturated heterocycles. The number of halogens is 1. The topological polar surface area (TPSA) is 63.7 Å². The van der Waals surface area contributed by atoms with Crippen LogP contribution in [0.5, 0.6) is 0 Å². The highest BCUT2D eigenvalue weighted by Gasteiger charge is 2.22. The van der Waals surface area contributed by atoms with Gasteiger partial charge in [-0.2, -0.15) is 0 Å². The van der Waals surface area contributed by atoms with Crippen molar-refractivity contribution >= 4 is 21.5 Å². The van der Waals surface area contributed by atoms with Gasteiger partial charge in [0.2, 0.25) is 0 Å². The lowest BCUT2D eigenvalue weighted by Crippen LogP contribution is -2.40. The minimum absolute atomic E-state index is 0.0940. The molecule has 0 amide bonds. The fourth-order valence-corrected chi connectivity index (χ4v) is 3.29. The molecule has 0 atom stereocenters. The molecule has 0 N–H and O–H groups in total. The van der Waals surface area contributed by atoms with Crippen LogP contribution >= 0.6 is 0 Å². The SMILES string of the molecule is COC(=O)Cc1cc(N2CCS(=O)(=O)CC2)ccc1F. The van der Waals surface area contributed by atoms with Crippen LogP contribution in [0.4, 0.5) is 10.1 Å². The van der Waals surface area contributed by atoms with Crippen molar-refractivity contribution in [3.63, 3.8) is 0 Å². The Hall–Kier alpha value is -1.63. The summed E-state index contributed by atoms with van der Waals surface area (Å²) in [4.78, 5) is 13.1. The van der Waals surface area contributed by atoms with E-state index in [1.165, 1.54) is 13.2 Å². The second-order valence-electron chi connectivity index (χ2n) is 4.67. The molecule has 1 aliphatic heterocycles. The number of anilines is 1. The number of ether oxygens (including phenoxy) is 1. The van der Waals surface area contributed by atoms with Crippen molar-refractivity contribution in [3.8, 4) is 0 Å². The van der Waals surface area contributed by atoms with Crippen molar-refractivity contribution in [2.24, 2.45) is 0 Å². The zero-order valence-electron chi connectivity index (χ0n) is 11.1. The van der Waals surface area contributed by atoms with Gasteiger partial charge in [-0.3, -0.25) is 4.79 Å². The molecule has 0 spiro atoms. The number of nitrogens with zero attached hydrogens (tertiary/aromatic N) is 1. The van der Waals surface area contributed by atoms with Crippen molar-refractivity contribution in [2.75, 3.05) is 36.6 Å². The first-order valence-electron chi connectivity index (χ1n) is 6.22. The van der Waals surface area contributed by atoms with Gasteiger partial charge in [-0.25, -0.2) is 12.8 Å². The summed E-state index contributed by atoms with van der Waals surface area (Å²) in [5.74, 6) is -0.793. The zero-order valence-corrected chi connectivity index (χ0v) is 12.0. The van der Waals surface area contributed by atoms with E-state index in [2.05, 4.69) is 4.74 Å². The van der Waals surface area contributed by atoms with E-state index in [-0.39, 0.29) is 23.5 Å². The summed E-state index contributed by atoms with van der Waals surface area (Å²) in [6, 6.07) is 4.45. The predicted molar refractivity (Wildman–Crippen MR) is 73.0 cm³/mol. The lowest BCUT2D eigenvalue weighted by Gasteiger charge is -2.29. The quantitative estimate of drug-likeness (QED) is 0.772. The number of rotatable bonds is 3. The number of carbonyl (C=O) groups excluding carboxylic acids is 1. The third kappa shape index (κ3) is 3.47. The average molecular weight is 301 g/mol. The Morgan fingerprint density at radius 3 is 2.60 bits per heavy atom. The number of carbonyl (C=O) groups is 1. The minimum atomic E-state index is -2.95. The van der Waals surface area contributed by atoms with Crippen molar-refractivity contribution in [1.82, 2.24) is 0 Å². The monoisotopic (exact) mass is 301 g/mol. The molecule has 1 heterocycles. The fourth-order valence-electron chi connectivity index (χ4n) is 2.09. The molecular weight excluding hydrogens is 285 g/mol. The lowest BCUT2D eigenvalue weighted by atomic mass is 10.1. The maximum Gasteiger partial charge on any atom is 0.310 e. The number of benzene rings is 1. The van der Waals surface area contributed by atoms with Crippen molar-refractivity contribution in [3.05, 3.63) is 29.6 Å². The Bertz CT molecular complexity index is 601. The van der Waals surface area contributed by atoms with Crippen LogP contribution in [-0.2, 0) is 25.8 Å². The second kappa shape index (κ2) is 5.78. The molecule has 0 radical (unpaired) electrons. The zero-order chi connectivity index (χ0) is 14.8. The van der Waals surface area contributed by atoms with Gasteiger partial charge in [0.1, 0.15) is 5.82 Å². The lowest BCUT2D eigenvalue weighted by molar-refractivity contribution is -0.139. The fraction of sp³-hybridized carbons (Fsp3) is 0.462. The third-order valence-electron chi connectivity index (χ3n) is 3.30. The summed E-state index contributed by atoms with van der Waals surface area (Å²) in [6.07, 6.45) is -0.137. The molecule has 20 heavy (non-hydrogen) atoms. The van der Waals surface area contributed by atoms with Gasteiger partial charge < -0.3 is 9.64 Å². The smallest absolute Gasteiger partial charge is 0.310 e. The Kier molecular flexibility index (Phi) is 4.27.